The summed E-state index contributed by atoms with van der Waals surface area (Å²) in [5, 5.41) is 12.5. The van der Waals surface area contributed by atoms with Crippen molar-refractivity contribution in [2.75, 3.05) is 13.2 Å². The summed E-state index contributed by atoms with van der Waals surface area (Å²) >= 11 is 3.34. The van der Waals surface area contributed by atoms with Crippen LogP contribution in [0.25, 0.3) is 0 Å². The molecular formula is C18H20BrNO4. The number of carbonyl (C=O) groups excluding carboxylic acids is 1. The molecule has 0 unspecified atom stereocenters. The van der Waals surface area contributed by atoms with Gasteiger partial charge in [0.1, 0.15) is 24.2 Å². The van der Waals surface area contributed by atoms with Gasteiger partial charge in [0.2, 0.25) is 0 Å². The summed E-state index contributed by atoms with van der Waals surface area (Å²) in [7, 11) is 0. The lowest BCUT2D eigenvalue weighted by atomic mass is 10.3. The molecule has 0 aliphatic heterocycles. The van der Waals surface area contributed by atoms with Crippen LogP contribution in [0.3, 0.4) is 0 Å². The van der Waals surface area contributed by atoms with Gasteiger partial charge in [0.15, 0.2) is 6.10 Å². The molecule has 0 radical (unpaired) electrons. The molecule has 24 heavy (non-hydrogen) atoms. The first kappa shape index (κ1) is 18.3. The number of para-hydroxylation sites is 1. The highest BCUT2D eigenvalue weighted by molar-refractivity contribution is 9.10. The van der Waals surface area contributed by atoms with E-state index in [9.17, 15) is 9.90 Å². The lowest BCUT2D eigenvalue weighted by molar-refractivity contribution is -0.127. The van der Waals surface area contributed by atoms with Crippen LogP contribution in [0, 0.1) is 0 Å². The number of carbonyl (C=O) groups is 1. The summed E-state index contributed by atoms with van der Waals surface area (Å²) in [5.74, 6) is 0.986. The molecule has 5 nitrogen and oxygen atoms in total. The second-order valence-corrected chi connectivity index (χ2v) is 6.15. The minimum absolute atomic E-state index is 0.0969. The van der Waals surface area contributed by atoms with E-state index in [1.807, 2.05) is 30.3 Å². The van der Waals surface area contributed by atoms with Gasteiger partial charge in [-0.1, -0.05) is 34.1 Å². The fourth-order valence-electron chi connectivity index (χ4n) is 1.90. The van der Waals surface area contributed by atoms with E-state index in [-0.39, 0.29) is 19.1 Å². The van der Waals surface area contributed by atoms with Crippen molar-refractivity contribution in [3.05, 3.63) is 59.1 Å². The Morgan fingerprint density at radius 2 is 1.79 bits per heavy atom. The summed E-state index contributed by atoms with van der Waals surface area (Å²) in [5.41, 5.74) is 0. The molecule has 2 atom stereocenters. The molecule has 128 valence electrons. The van der Waals surface area contributed by atoms with Gasteiger partial charge in [-0.2, -0.15) is 0 Å². The van der Waals surface area contributed by atoms with Crippen LogP contribution in [-0.2, 0) is 4.79 Å². The number of aliphatic hydroxyl groups is 1. The fourth-order valence-corrected chi connectivity index (χ4v) is 2.17. The van der Waals surface area contributed by atoms with Gasteiger partial charge in [-0.3, -0.25) is 4.79 Å². The zero-order valence-electron chi connectivity index (χ0n) is 13.3. The molecule has 0 aliphatic carbocycles. The second-order valence-electron chi connectivity index (χ2n) is 5.24. The zero-order chi connectivity index (χ0) is 17.4. The Balaban J connectivity index is 1.70. The van der Waals surface area contributed by atoms with E-state index in [2.05, 4.69) is 21.2 Å². The van der Waals surface area contributed by atoms with Crippen molar-refractivity contribution < 1.29 is 19.4 Å². The molecule has 0 bridgehead atoms. The van der Waals surface area contributed by atoms with Crippen LogP contribution in [0.2, 0.25) is 0 Å². The Hall–Kier alpha value is -2.05. The van der Waals surface area contributed by atoms with Crippen LogP contribution >= 0.6 is 15.9 Å². The molecule has 2 aromatic carbocycles. The Kier molecular flexibility index (Phi) is 7.08. The smallest absolute Gasteiger partial charge is 0.260 e. The van der Waals surface area contributed by atoms with Crippen LogP contribution in [-0.4, -0.2) is 36.4 Å². The molecule has 0 fully saturated rings. The van der Waals surface area contributed by atoms with Gasteiger partial charge in [-0.25, -0.2) is 0 Å². The molecular weight excluding hydrogens is 374 g/mol. The number of halogens is 1. The first-order valence-electron chi connectivity index (χ1n) is 7.60. The van der Waals surface area contributed by atoms with Gasteiger partial charge in [0.25, 0.3) is 5.91 Å². The van der Waals surface area contributed by atoms with Gasteiger partial charge < -0.3 is 19.9 Å². The van der Waals surface area contributed by atoms with Crippen molar-refractivity contribution in [2.24, 2.45) is 0 Å². The predicted molar refractivity (Wildman–Crippen MR) is 95.2 cm³/mol. The van der Waals surface area contributed by atoms with E-state index >= 15 is 0 Å². The number of hydrogen-bond acceptors (Lipinski definition) is 4. The number of rotatable bonds is 8. The largest absolute Gasteiger partial charge is 0.491 e. The molecule has 0 spiro atoms. The van der Waals surface area contributed by atoms with Crippen LogP contribution in [0.5, 0.6) is 11.5 Å². The standard InChI is InChI=1S/C18H20BrNO4/c1-13(24-17-9-7-14(19)8-10-17)18(22)20-11-15(21)12-23-16-5-3-2-4-6-16/h2-10,13,15,21H,11-12H2,1H3,(H,20,22)/t13-,15+/m0/s1. The highest BCUT2D eigenvalue weighted by Crippen LogP contribution is 2.17. The van der Waals surface area contributed by atoms with Gasteiger partial charge >= 0.3 is 0 Å². The third kappa shape index (κ3) is 6.22. The quantitative estimate of drug-likeness (QED) is 0.723. The van der Waals surface area contributed by atoms with Crippen molar-refractivity contribution in [1.82, 2.24) is 5.32 Å². The van der Waals surface area contributed by atoms with Crippen LogP contribution in [0.1, 0.15) is 6.92 Å². The van der Waals surface area contributed by atoms with E-state index in [1.54, 1.807) is 31.2 Å². The molecule has 0 saturated heterocycles. The third-order valence-electron chi connectivity index (χ3n) is 3.19. The number of benzene rings is 2. The topological polar surface area (TPSA) is 67.8 Å². The SMILES string of the molecule is C[C@H](Oc1ccc(Br)cc1)C(=O)NC[C@@H](O)COc1ccccc1. The Bertz CT molecular complexity index is 633. The molecule has 0 aromatic heterocycles. The molecule has 0 heterocycles. The Morgan fingerprint density at radius 3 is 2.46 bits per heavy atom. The summed E-state index contributed by atoms with van der Waals surface area (Å²) in [6.45, 7) is 1.86. The summed E-state index contributed by atoms with van der Waals surface area (Å²) < 4.78 is 11.9. The molecule has 2 aromatic rings. The van der Waals surface area contributed by atoms with E-state index in [1.165, 1.54) is 0 Å². The second kappa shape index (κ2) is 9.30. The van der Waals surface area contributed by atoms with E-state index in [0.29, 0.717) is 11.5 Å². The lowest BCUT2D eigenvalue weighted by Gasteiger charge is -2.17. The van der Waals surface area contributed by atoms with Crippen LogP contribution in [0.15, 0.2) is 59.1 Å². The number of aliphatic hydroxyl groups excluding tert-OH is 1. The van der Waals surface area contributed by atoms with Crippen LogP contribution in [0.4, 0.5) is 0 Å². The highest BCUT2D eigenvalue weighted by atomic mass is 79.9. The average Bonchev–Trinajstić information content (AvgIpc) is 2.60. The average molecular weight is 394 g/mol. The van der Waals surface area contributed by atoms with Gasteiger partial charge in [-0.15, -0.1) is 0 Å². The summed E-state index contributed by atoms with van der Waals surface area (Å²) in [6, 6.07) is 16.4. The maximum absolute atomic E-state index is 12.0. The van der Waals surface area contributed by atoms with E-state index < -0.39 is 12.2 Å². The lowest BCUT2D eigenvalue weighted by Crippen LogP contribution is -2.41. The summed E-state index contributed by atoms with van der Waals surface area (Å²) in [4.78, 5) is 12.0. The molecule has 6 heteroatoms. The number of hydrogen-bond donors (Lipinski definition) is 2. The minimum Gasteiger partial charge on any atom is -0.491 e. The van der Waals surface area contributed by atoms with E-state index in [0.717, 1.165) is 4.47 Å². The number of ether oxygens (including phenoxy) is 2. The predicted octanol–water partition coefficient (Wildman–Crippen LogP) is 2.77. The molecule has 0 saturated carbocycles. The fraction of sp³-hybridized carbons (Fsp3) is 0.278. The third-order valence-corrected chi connectivity index (χ3v) is 3.72. The monoisotopic (exact) mass is 393 g/mol. The molecule has 0 aliphatic rings. The molecule has 2 N–H and O–H groups in total. The zero-order valence-corrected chi connectivity index (χ0v) is 14.9. The van der Waals surface area contributed by atoms with Gasteiger partial charge in [0, 0.05) is 11.0 Å². The van der Waals surface area contributed by atoms with Gasteiger partial charge in [0.05, 0.1) is 0 Å². The van der Waals surface area contributed by atoms with Gasteiger partial charge in [-0.05, 0) is 43.3 Å². The normalized spacial score (nSPS) is 13.0. The maximum atomic E-state index is 12.0. The van der Waals surface area contributed by atoms with Crippen molar-refractivity contribution in [1.29, 1.82) is 0 Å². The van der Waals surface area contributed by atoms with Crippen molar-refractivity contribution in [3.8, 4) is 11.5 Å². The summed E-state index contributed by atoms with van der Waals surface area (Å²) in [6.07, 6.45) is -1.46. The van der Waals surface area contributed by atoms with Crippen molar-refractivity contribution in [2.45, 2.75) is 19.1 Å². The minimum atomic E-state index is -0.797. The highest BCUT2D eigenvalue weighted by Gasteiger charge is 2.16. The molecule has 1 amide bonds. The van der Waals surface area contributed by atoms with Crippen molar-refractivity contribution >= 4 is 21.8 Å². The Morgan fingerprint density at radius 1 is 1.12 bits per heavy atom. The van der Waals surface area contributed by atoms with Crippen molar-refractivity contribution in [3.63, 3.8) is 0 Å². The first-order chi connectivity index (χ1) is 11.5. The Labute approximate surface area is 149 Å². The first-order valence-corrected chi connectivity index (χ1v) is 8.40. The number of amides is 1. The van der Waals surface area contributed by atoms with Crippen LogP contribution < -0.4 is 14.8 Å². The van der Waals surface area contributed by atoms with E-state index in [4.69, 9.17) is 9.47 Å². The number of nitrogens with one attached hydrogen (secondary N) is 1. The maximum Gasteiger partial charge on any atom is 0.260 e. The molecule has 2 rings (SSSR count).